The van der Waals surface area contributed by atoms with Crippen LogP contribution in [0.4, 0.5) is 5.82 Å². The molecule has 0 fully saturated rings. The maximum Gasteiger partial charge on any atom is 0.150 e. The van der Waals surface area contributed by atoms with Crippen LogP contribution >= 0.6 is 0 Å². The smallest absolute Gasteiger partial charge is 0.150 e. The lowest BCUT2D eigenvalue weighted by molar-refractivity contribution is 0.112. The minimum atomic E-state index is -0.0332. The first-order valence-corrected chi connectivity index (χ1v) is 4.21. The Morgan fingerprint density at radius 3 is 2.69 bits per heavy atom. The summed E-state index contributed by atoms with van der Waals surface area (Å²) in [7, 11) is 0. The number of nitrogens with zero attached hydrogens (tertiary/aromatic N) is 1. The van der Waals surface area contributed by atoms with Gasteiger partial charge in [-0.05, 0) is 32.9 Å². The fraction of sp³-hybridized carbons (Fsp3) is 0.400. The second-order valence-corrected chi connectivity index (χ2v) is 3.97. The highest BCUT2D eigenvalue weighted by Gasteiger charge is 2.09. The predicted molar refractivity (Wildman–Crippen MR) is 53.0 cm³/mol. The van der Waals surface area contributed by atoms with E-state index in [9.17, 15) is 4.79 Å². The van der Waals surface area contributed by atoms with Gasteiger partial charge in [-0.25, -0.2) is 4.98 Å². The molecule has 0 saturated carbocycles. The Labute approximate surface area is 78.2 Å². The number of carbonyl (C=O) groups is 1. The first-order chi connectivity index (χ1) is 6.01. The van der Waals surface area contributed by atoms with E-state index >= 15 is 0 Å². The van der Waals surface area contributed by atoms with Crippen LogP contribution < -0.4 is 5.32 Å². The molecule has 0 amide bonds. The first-order valence-electron chi connectivity index (χ1n) is 4.21. The molecule has 0 saturated heterocycles. The van der Waals surface area contributed by atoms with Crippen LogP contribution in [-0.2, 0) is 0 Å². The van der Waals surface area contributed by atoms with E-state index in [1.54, 1.807) is 18.3 Å². The van der Waals surface area contributed by atoms with Gasteiger partial charge in [0.25, 0.3) is 0 Å². The van der Waals surface area contributed by atoms with Crippen molar-refractivity contribution < 1.29 is 4.79 Å². The molecule has 1 N–H and O–H groups in total. The number of aldehydes is 1. The van der Waals surface area contributed by atoms with E-state index in [1.165, 1.54) is 0 Å². The lowest BCUT2D eigenvalue weighted by atomic mass is 10.1. The van der Waals surface area contributed by atoms with E-state index in [0.717, 1.165) is 12.1 Å². The Kier molecular flexibility index (Phi) is 2.66. The number of hydrogen-bond acceptors (Lipinski definition) is 3. The maximum atomic E-state index is 10.5. The van der Waals surface area contributed by atoms with Crippen LogP contribution in [0.1, 0.15) is 31.1 Å². The highest BCUT2D eigenvalue weighted by molar-refractivity contribution is 5.76. The molecule has 1 aromatic heterocycles. The standard InChI is InChI=1S/C10H14N2O/c1-10(2,3)12-9-6-8(7-13)4-5-11-9/h4-7H,1-3H3,(H,11,12). The summed E-state index contributed by atoms with van der Waals surface area (Å²) in [4.78, 5) is 14.6. The number of carbonyl (C=O) groups excluding carboxylic acids is 1. The van der Waals surface area contributed by atoms with Gasteiger partial charge in [0.05, 0.1) is 0 Å². The van der Waals surface area contributed by atoms with Gasteiger partial charge in [-0.15, -0.1) is 0 Å². The molecule has 0 bridgehead atoms. The summed E-state index contributed by atoms with van der Waals surface area (Å²) in [6.45, 7) is 6.13. The fourth-order valence-corrected chi connectivity index (χ4v) is 0.973. The fourth-order valence-electron chi connectivity index (χ4n) is 0.973. The SMILES string of the molecule is CC(C)(C)Nc1cc(C=O)ccn1. The molecule has 0 aliphatic carbocycles. The molecule has 0 spiro atoms. The van der Waals surface area contributed by atoms with Crippen LogP contribution in [0, 0.1) is 0 Å². The Bertz CT molecular complexity index is 302. The van der Waals surface area contributed by atoms with Gasteiger partial charge in [0.1, 0.15) is 12.1 Å². The molecule has 1 aromatic rings. The summed E-state index contributed by atoms with van der Waals surface area (Å²) in [6, 6.07) is 3.42. The summed E-state index contributed by atoms with van der Waals surface area (Å²) in [5.74, 6) is 0.733. The molecule has 0 unspecified atom stereocenters. The van der Waals surface area contributed by atoms with Crippen molar-refractivity contribution in [1.82, 2.24) is 4.98 Å². The Morgan fingerprint density at radius 1 is 1.46 bits per heavy atom. The van der Waals surface area contributed by atoms with E-state index in [4.69, 9.17) is 0 Å². The van der Waals surface area contributed by atoms with E-state index < -0.39 is 0 Å². The third-order valence-electron chi connectivity index (χ3n) is 1.42. The molecule has 0 aromatic carbocycles. The molecular formula is C10H14N2O. The molecule has 3 nitrogen and oxygen atoms in total. The lowest BCUT2D eigenvalue weighted by Crippen LogP contribution is -2.26. The van der Waals surface area contributed by atoms with Gasteiger partial charge in [0.15, 0.2) is 0 Å². The minimum Gasteiger partial charge on any atom is -0.365 e. The van der Waals surface area contributed by atoms with Gasteiger partial charge in [-0.1, -0.05) is 0 Å². The molecule has 13 heavy (non-hydrogen) atoms. The summed E-state index contributed by atoms with van der Waals surface area (Å²) in [6.07, 6.45) is 2.44. The number of nitrogens with one attached hydrogen (secondary N) is 1. The van der Waals surface area contributed by atoms with E-state index in [-0.39, 0.29) is 5.54 Å². The molecule has 0 aliphatic heterocycles. The van der Waals surface area contributed by atoms with Crippen molar-refractivity contribution in [2.75, 3.05) is 5.32 Å². The average molecular weight is 178 g/mol. The largest absolute Gasteiger partial charge is 0.365 e. The van der Waals surface area contributed by atoms with Crippen LogP contribution in [0.15, 0.2) is 18.3 Å². The molecule has 1 heterocycles. The number of hydrogen-bond donors (Lipinski definition) is 1. The molecule has 0 aliphatic rings. The normalized spacial score (nSPS) is 11.0. The molecular weight excluding hydrogens is 164 g/mol. The van der Waals surface area contributed by atoms with Crippen LogP contribution in [0.2, 0.25) is 0 Å². The van der Waals surface area contributed by atoms with Crippen molar-refractivity contribution in [1.29, 1.82) is 0 Å². The monoisotopic (exact) mass is 178 g/mol. The number of rotatable bonds is 2. The summed E-state index contributed by atoms with van der Waals surface area (Å²) in [5, 5.41) is 3.19. The zero-order valence-electron chi connectivity index (χ0n) is 8.16. The molecule has 1 rings (SSSR count). The number of aromatic nitrogens is 1. The van der Waals surface area contributed by atoms with Crippen LogP contribution in [0.25, 0.3) is 0 Å². The van der Waals surface area contributed by atoms with Crippen LogP contribution in [-0.4, -0.2) is 16.8 Å². The Morgan fingerprint density at radius 2 is 2.15 bits per heavy atom. The van der Waals surface area contributed by atoms with Gasteiger partial charge in [-0.2, -0.15) is 0 Å². The zero-order chi connectivity index (χ0) is 9.90. The summed E-state index contributed by atoms with van der Waals surface area (Å²) < 4.78 is 0. The van der Waals surface area contributed by atoms with E-state index in [1.807, 2.05) is 20.8 Å². The topological polar surface area (TPSA) is 42.0 Å². The highest BCUT2D eigenvalue weighted by atomic mass is 16.1. The van der Waals surface area contributed by atoms with Gasteiger partial charge in [-0.3, -0.25) is 4.79 Å². The van der Waals surface area contributed by atoms with Gasteiger partial charge < -0.3 is 5.32 Å². The summed E-state index contributed by atoms with van der Waals surface area (Å²) >= 11 is 0. The summed E-state index contributed by atoms with van der Waals surface area (Å²) in [5.41, 5.74) is 0.607. The van der Waals surface area contributed by atoms with Crippen LogP contribution in [0.3, 0.4) is 0 Å². The Hall–Kier alpha value is -1.38. The highest BCUT2D eigenvalue weighted by Crippen LogP contribution is 2.11. The molecule has 70 valence electrons. The molecule has 3 heteroatoms. The van der Waals surface area contributed by atoms with Crippen molar-refractivity contribution >= 4 is 12.1 Å². The van der Waals surface area contributed by atoms with Crippen LogP contribution in [0.5, 0.6) is 0 Å². The maximum absolute atomic E-state index is 10.5. The quantitative estimate of drug-likeness (QED) is 0.705. The van der Waals surface area contributed by atoms with E-state index in [0.29, 0.717) is 5.56 Å². The van der Waals surface area contributed by atoms with Crippen molar-refractivity contribution in [3.63, 3.8) is 0 Å². The Balaban J connectivity index is 2.84. The first kappa shape index (κ1) is 9.71. The second-order valence-electron chi connectivity index (χ2n) is 3.97. The predicted octanol–water partition coefficient (Wildman–Crippen LogP) is 2.10. The van der Waals surface area contributed by atoms with Crippen molar-refractivity contribution in [3.8, 4) is 0 Å². The molecule has 0 atom stereocenters. The third-order valence-corrected chi connectivity index (χ3v) is 1.42. The van der Waals surface area contributed by atoms with Gasteiger partial charge in [0, 0.05) is 17.3 Å². The number of pyridine rings is 1. The average Bonchev–Trinajstić information content (AvgIpc) is 2.01. The van der Waals surface area contributed by atoms with Gasteiger partial charge in [0.2, 0.25) is 0 Å². The third kappa shape index (κ3) is 3.23. The van der Waals surface area contributed by atoms with Crippen molar-refractivity contribution in [3.05, 3.63) is 23.9 Å². The molecule has 0 radical (unpaired) electrons. The zero-order valence-corrected chi connectivity index (χ0v) is 8.16. The van der Waals surface area contributed by atoms with Crippen molar-refractivity contribution in [2.45, 2.75) is 26.3 Å². The minimum absolute atomic E-state index is 0.0332. The van der Waals surface area contributed by atoms with E-state index in [2.05, 4.69) is 10.3 Å². The van der Waals surface area contributed by atoms with Gasteiger partial charge >= 0.3 is 0 Å². The van der Waals surface area contributed by atoms with Crippen molar-refractivity contribution in [2.24, 2.45) is 0 Å². The lowest BCUT2D eigenvalue weighted by Gasteiger charge is -2.21. The second kappa shape index (κ2) is 3.56. The number of anilines is 1.